The Morgan fingerprint density at radius 3 is 2.43 bits per heavy atom. The van der Waals surface area contributed by atoms with Crippen LogP contribution in [0.5, 0.6) is 0 Å². The van der Waals surface area contributed by atoms with E-state index in [0.717, 1.165) is 5.13 Å². The minimum atomic E-state index is -0.318. The van der Waals surface area contributed by atoms with E-state index in [2.05, 4.69) is 15.1 Å². The quantitative estimate of drug-likeness (QED) is 0.444. The predicted octanol–water partition coefficient (Wildman–Crippen LogP) is 1.39. The zero-order valence-electron chi connectivity index (χ0n) is 8.48. The lowest BCUT2D eigenvalue weighted by Gasteiger charge is -2.14. The standard InChI is InChI=1S/C5H10O2.C3H5N3S/c1-5(2,3)7-4-6;4-6-3-5-1-2-7-3/h4H,1-3H3;1-2H,4H2,(H,5,6). The highest BCUT2D eigenvalue weighted by atomic mass is 32.1. The first-order chi connectivity index (χ1) is 6.49. The number of hydrogen-bond donors (Lipinski definition) is 2. The summed E-state index contributed by atoms with van der Waals surface area (Å²) in [5.41, 5.74) is 2.10. The largest absolute Gasteiger partial charge is 0.462 e. The Kier molecular flexibility index (Phi) is 5.82. The van der Waals surface area contributed by atoms with Crippen molar-refractivity contribution in [3.05, 3.63) is 11.6 Å². The number of nitrogen functional groups attached to an aromatic ring is 1. The molecule has 1 rings (SSSR count). The molecule has 0 fully saturated rings. The molecule has 0 saturated carbocycles. The number of anilines is 1. The number of hydrazine groups is 1. The highest BCUT2D eigenvalue weighted by molar-refractivity contribution is 7.13. The average molecular weight is 217 g/mol. The molecule has 80 valence electrons. The van der Waals surface area contributed by atoms with Crippen LogP contribution >= 0.6 is 11.3 Å². The fourth-order valence-corrected chi connectivity index (χ4v) is 0.879. The Morgan fingerprint density at radius 2 is 2.29 bits per heavy atom. The Hall–Kier alpha value is -1.14. The molecule has 5 nitrogen and oxygen atoms in total. The van der Waals surface area contributed by atoms with Crippen molar-refractivity contribution in [2.24, 2.45) is 5.84 Å². The second kappa shape index (κ2) is 6.33. The van der Waals surface area contributed by atoms with Gasteiger partial charge in [0, 0.05) is 11.6 Å². The first-order valence-corrected chi connectivity index (χ1v) is 4.85. The Balaban J connectivity index is 0.000000241. The second-order valence-corrected chi connectivity index (χ2v) is 4.20. The molecule has 0 radical (unpaired) electrons. The van der Waals surface area contributed by atoms with E-state index in [9.17, 15) is 4.79 Å². The van der Waals surface area contributed by atoms with Crippen molar-refractivity contribution in [3.8, 4) is 0 Å². The van der Waals surface area contributed by atoms with Crippen molar-refractivity contribution in [1.82, 2.24) is 4.98 Å². The normalized spacial score (nSPS) is 9.71. The Bertz CT molecular complexity index is 244. The van der Waals surface area contributed by atoms with Crippen molar-refractivity contribution < 1.29 is 9.53 Å². The molecule has 1 heterocycles. The highest BCUT2D eigenvalue weighted by Gasteiger charge is 2.07. The number of nitrogens with one attached hydrogen (secondary N) is 1. The summed E-state index contributed by atoms with van der Waals surface area (Å²) < 4.78 is 4.55. The van der Waals surface area contributed by atoms with Crippen LogP contribution in [0.15, 0.2) is 11.6 Å². The fourth-order valence-electron chi connectivity index (χ4n) is 0.439. The van der Waals surface area contributed by atoms with Crippen LogP contribution in [-0.2, 0) is 9.53 Å². The zero-order valence-corrected chi connectivity index (χ0v) is 9.30. The van der Waals surface area contributed by atoms with Crippen LogP contribution in [0.25, 0.3) is 0 Å². The third-order valence-corrected chi connectivity index (χ3v) is 1.66. The monoisotopic (exact) mass is 217 g/mol. The number of carbonyl (C=O) groups excluding carboxylic acids is 1. The average Bonchev–Trinajstić information content (AvgIpc) is 2.54. The van der Waals surface area contributed by atoms with Gasteiger partial charge in [0.2, 0.25) is 0 Å². The van der Waals surface area contributed by atoms with E-state index in [4.69, 9.17) is 5.84 Å². The molecule has 1 aromatic rings. The number of hydrogen-bond acceptors (Lipinski definition) is 6. The van der Waals surface area contributed by atoms with Crippen LogP contribution in [0, 0.1) is 0 Å². The topological polar surface area (TPSA) is 77.2 Å². The molecule has 0 amide bonds. The van der Waals surface area contributed by atoms with Gasteiger partial charge in [0.05, 0.1) is 0 Å². The summed E-state index contributed by atoms with van der Waals surface area (Å²) in [5, 5.41) is 2.61. The van der Waals surface area contributed by atoms with Crippen LogP contribution in [0.3, 0.4) is 0 Å². The number of nitrogens with two attached hydrogens (primary N) is 1. The summed E-state index contributed by atoms with van der Waals surface area (Å²) in [5.74, 6) is 4.99. The van der Waals surface area contributed by atoms with Crippen molar-refractivity contribution in [1.29, 1.82) is 0 Å². The number of thiazole rings is 1. The first kappa shape index (κ1) is 12.9. The van der Waals surface area contributed by atoms with Gasteiger partial charge in [-0.15, -0.1) is 11.3 Å². The molecule has 14 heavy (non-hydrogen) atoms. The van der Waals surface area contributed by atoms with Gasteiger partial charge in [0.25, 0.3) is 6.47 Å². The molecule has 0 bridgehead atoms. The lowest BCUT2D eigenvalue weighted by molar-refractivity contribution is -0.138. The van der Waals surface area contributed by atoms with Gasteiger partial charge in [-0.05, 0) is 20.8 Å². The SMILES string of the molecule is CC(C)(C)OC=O.NNc1nccs1. The molecular weight excluding hydrogens is 202 g/mol. The summed E-state index contributed by atoms with van der Waals surface area (Å²) in [6.45, 7) is 5.92. The second-order valence-electron chi connectivity index (χ2n) is 3.31. The number of carbonyl (C=O) groups is 1. The van der Waals surface area contributed by atoms with Crippen LogP contribution in [0.2, 0.25) is 0 Å². The molecule has 3 N–H and O–H groups in total. The Morgan fingerprint density at radius 1 is 1.64 bits per heavy atom. The molecule has 0 unspecified atom stereocenters. The van der Waals surface area contributed by atoms with Crippen molar-refractivity contribution >= 4 is 22.9 Å². The molecule has 0 aliphatic rings. The van der Waals surface area contributed by atoms with Crippen LogP contribution in [0.4, 0.5) is 5.13 Å². The molecule has 0 aliphatic carbocycles. The lowest BCUT2D eigenvalue weighted by Crippen LogP contribution is -2.17. The van der Waals surface area contributed by atoms with E-state index in [1.165, 1.54) is 11.3 Å². The van der Waals surface area contributed by atoms with Gasteiger partial charge in [-0.3, -0.25) is 10.2 Å². The van der Waals surface area contributed by atoms with E-state index >= 15 is 0 Å². The molecule has 6 heteroatoms. The van der Waals surface area contributed by atoms with Crippen LogP contribution < -0.4 is 11.3 Å². The van der Waals surface area contributed by atoms with Crippen LogP contribution in [-0.4, -0.2) is 17.1 Å². The smallest absolute Gasteiger partial charge is 0.293 e. The van der Waals surface area contributed by atoms with Crippen molar-refractivity contribution in [3.63, 3.8) is 0 Å². The minimum absolute atomic E-state index is 0.318. The molecule has 0 aromatic carbocycles. The van der Waals surface area contributed by atoms with Gasteiger partial charge < -0.3 is 4.74 Å². The van der Waals surface area contributed by atoms with Gasteiger partial charge in [0.15, 0.2) is 5.13 Å². The lowest BCUT2D eigenvalue weighted by atomic mass is 10.2. The van der Waals surface area contributed by atoms with E-state index in [-0.39, 0.29) is 5.60 Å². The summed E-state index contributed by atoms with van der Waals surface area (Å²) in [6.07, 6.45) is 1.69. The maximum absolute atomic E-state index is 9.60. The van der Waals surface area contributed by atoms with Gasteiger partial charge in [-0.1, -0.05) is 0 Å². The molecule has 0 atom stereocenters. The van der Waals surface area contributed by atoms with Gasteiger partial charge in [-0.25, -0.2) is 10.8 Å². The van der Waals surface area contributed by atoms with E-state index in [1.54, 1.807) is 6.20 Å². The number of ether oxygens (including phenoxy) is 1. The molecule has 0 aliphatic heterocycles. The minimum Gasteiger partial charge on any atom is -0.462 e. The summed E-state index contributed by atoms with van der Waals surface area (Å²) in [7, 11) is 0. The highest BCUT2D eigenvalue weighted by Crippen LogP contribution is 2.06. The predicted molar refractivity (Wildman–Crippen MR) is 56.8 cm³/mol. The van der Waals surface area contributed by atoms with E-state index < -0.39 is 0 Å². The van der Waals surface area contributed by atoms with Crippen molar-refractivity contribution in [2.45, 2.75) is 26.4 Å². The summed E-state index contributed by atoms with van der Waals surface area (Å²) in [4.78, 5) is 13.4. The zero-order chi connectivity index (χ0) is 11.0. The number of nitrogens with zero attached hydrogens (tertiary/aromatic N) is 1. The number of rotatable bonds is 2. The first-order valence-electron chi connectivity index (χ1n) is 3.97. The fraction of sp³-hybridized carbons (Fsp3) is 0.500. The van der Waals surface area contributed by atoms with Crippen molar-refractivity contribution in [2.75, 3.05) is 5.43 Å². The van der Waals surface area contributed by atoms with Gasteiger partial charge in [0.1, 0.15) is 5.60 Å². The third-order valence-electron chi connectivity index (χ3n) is 0.957. The van der Waals surface area contributed by atoms with Gasteiger partial charge >= 0.3 is 0 Å². The molecular formula is C8H15N3O2S. The van der Waals surface area contributed by atoms with E-state index in [1.807, 2.05) is 26.2 Å². The molecule has 0 spiro atoms. The Labute approximate surface area is 87.3 Å². The van der Waals surface area contributed by atoms with Crippen LogP contribution in [0.1, 0.15) is 20.8 Å². The summed E-state index contributed by atoms with van der Waals surface area (Å²) in [6, 6.07) is 0. The summed E-state index contributed by atoms with van der Waals surface area (Å²) >= 11 is 1.48. The van der Waals surface area contributed by atoms with Gasteiger partial charge in [-0.2, -0.15) is 0 Å². The number of aromatic nitrogens is 1. The third kappa shape index (κ3) is 7.51. The maximum atomic E-state index is 9.60. The maximum Gasteiger partial charge on any atom is 0.293 e. The van der Waals surface area contributed by atoms with E-state index in [0.29, 0.717) is 6.47 Å². The molecule has 1 aromatic heterocycles. The molecule has 0 saturated heterocycles.